The van der Waals surface area contributed by atoms with E-state index in [9.17, 15) is 0 Å². The maximum atomic E-state index is 2.38. The summed E-state index contributed by atoms with van der Waals surface area (Å²) < 4.78 is 0. The largest absolute Gasteiger partial charge is 0.0537 e. The SMILES string of the molecule is Cc1cc2ccc3c(C)c(C)c(C)c4cc(C)c(c1)c2c34. The molecule has 104 valence electrons. The minimum Gasteiger partial charge on any atom is -0.0537 e. The van der Waals surface area contributed by atoms with Crippen molar-refractivity contribution in [1.82, 2.24) is 0 Å². The second kappa shape index (κ2) is 3.98. The summed E-state index contributed by atoms with van der Waals surface area (Å²) in [5.74, 6) is 0. The van der Waals surface area contributed by atoms with Crippen LogP contribution in [0.4, 0.5) is 0 Å². The Morgan fingerprint density at radius 2 is 1.29 bits per heavy atom. The van der Waals surface area contributed by atoms with E-state index < -0.39 is 0 Å². The molecule has 0 nitrogen and oxygen atoms in total. The molecule has 0 bridgehead atoms. The highest BCUT2D eigenvalue weighted by Crippen LogP contribution is 2.40. The predicted octanol–water partition coefficient (Wildman–Crippen LogP) is 6.13. The fourth-order valence-corrected chi connectivity index (χ4v) is 3.87. The number of hydrogen-bond donors (Lipinski definition) is 0. The van der Waals surface area contributed by atoms with Gasteiger partial charge in [-0.2, -0.15) is 0 Å². The molecular formula is C21H20. The summed E-state index contributed by atoms with van der Waals surface area (Å²) in [6.45, 7) is 11.2. The van der Waals surface area contributed by atoms with Crippen LogP contribution in [-0.4, -0.2) is 0 Å². The molecule has 0 atom stereocenters. The molecule has 0 spiro atoms. The van der Waals surface area contributed by atoms with E-state index in [2.05, 4.69) is 65.0 Å². The molecule has 0 aliphatic carbocycles. The average Bonchev–Trinajstić information content (AvgIpc) is 2.46. The Balaban J connectivity index is 2.46. The normalized spacial score (nSPS) is 12.0. The Morgan fingerprint density at radius 3 is 2.05 bits per heavy atom. The first-order chi connectivity index (χ1) is 9.99. The molecule has 0 amide bonds. The Hall–Kier alpha value is -2.08. The summed E-state index contributed by atoms with van der Waals surface area (Å²) >= 11 is 0. The third-order valence-corrected chi connectivity index (χ3v) is 5.25. The molecule has 4 rings (SSSR count). The van der Waals surface area contributed by atoms with E-state index in [1.54, 1.807) is 0 Å². The topological polar surface area (TPSA) is 0 Å². The van der Waals surface area contributed by atoms with E-state index in [0.29, 0.717) is 0 Å². The van der Waals surface area contributed by atoms with Gasteiger partial charge in [-0.05, 0) is 94.8 Å². The highest BCUT2D eigenvalue weighted by Gasteiger charge is 2.15. The quantitative estimate of drug-likeness (QED) is 0.338. The first-order valence-corrected chi connectivity index (χ1v) is 7.64. The molecule has 0 heterocycles. The van der Waals surface area contributed by atoms with E-state index in [4.69, 9.17) is 0 Å². The molecule has 4 aromatic rings. The first-order valence-electron chi connectivity index (χ1n) is 7.64. The van der Waals surface area contributed by atoms with Gasteiger partial charge in [0.05, 0.1) is 0 Å². The molecule has 21 heavy (non-hydrogen) atoms. The van der Waals surface area contributed by atoms with Crippen LogP contribution in [0.2, 0.25) is 0 Å². The summed E-state index contributed by atoms with van der Waals surface area (Å²) in [6.07, 6.45) is 0. The summed E-state index contributed by atoms with van der Waals surface area (Å²) in [5, 5.41) is 8.51. The first kappa shape index (κ1) is 12.6. The van der Waals surface area contributed by atoms with Crippen molar-refractivity contribution in [2.45, 2.75) is 34.6 Å². The number of rotatable bonds is 0. The average molecular weight is 272 g/mol. The van der Waals surface area contributed by atoms with Crippen LogP contribution in [0.5, 0.6) is 0 Å². The number of benzene rings is 4. The lowest BCUT2D eigenvalue weighted by molar-refractivity contribution is 1.31. The zero-order valence-corrected chi connectivity index (χ0v) is 13.4. The Labute approximate surface area is 125 Å². The van der Waals surface area contributed by atoms with Gasteiger partial charge in [-0.3, -0.25) is 0 Å². The van der Waals surface area contributed by atoms with Crippen molar-refractivity contribution >= 4 is 32.3 Å². The molecule has 4 aromatic carbocycles. The minimum atomic E-state index is 1.34. The van der Waals surface area contributed by atoms with Crippen LogP contribution in [-0.2, 0) is 0 Å². The van der Waals surface area contributed by atoms with Crippen molar-refractivity contribution in [3.63, 3.8) is 0 Å². The smallest absolute Gasteiger partial charge is 0.00211 e. The van der Waals surface area contributed by atoms with Gasteiger partial charge in [0, 0.05) is 0 Å². The van der Waals surface area contributed by atoms with Crippen LogP contribution < -0.4 is 0 Å². The standard InChI is InChI=1S/C21H20/c1-11-8-16-6-7-17-14(4)13(3)15(5)19-10-12(2)18(9-11)20(16)21(17)19/h6-10H,1-5H3. The molecule has 0 aliphatic rings. The van der Waals surface area contributed by atoms with Gasteiger partial charge in [-0.15, -0.1) is 0 Å². The molecule has 0 heteroatoms. The second-order valence-electron chi connectivity index (χ2n) is 6.51. The second-order valence-corrected chi connectivity index (χ2v) is 6.51. The monoisotopic (exact) mass is 272 g/mol. The van der Waals surface area contributed by atoms with E-state index in [1.165, 1.54) is 60.1 Å². The van der Waals surface area contributed by atoms with Gasteiger partial charge in [-0.1, -0.05) is 30.3 Å². The van der Waals surface area contributed by atoms with E-state index in [-0.39, 0.29) is 0 Å². The lowest BCUT2D eigenvalue weighted by Crippen LogP contribution is -1.95. The molecule has 0 radical (unpaired) electrons. The van der Waals surface area contributed by atoms with Crippen molar-refractivity contribution in [2.75, 3.05) is 0 Å². The van der Waals surface area contributed by atoms with Crippen LogP contribution in [0.1, 0.15) is 27.8 Å². The number of aryl methyl sites for hydroxylation is 4. The van der Waals surface area contributed by atoms with E-state index in [1.807, 2.05) is 0 Å². The maximum Gasteiger partial charge on any atom is -0.00211 e. The lowest BCUT2D eigenvalue weighted by Gasteiger charge is -2.19. The highest BCUT2D eigenvalue weighted by atomic mass is 14.2. The zero-order chi connectivity index (χ0) is 14.9. The molecule has 0 fully saturated rings. The minimum absolute atomic E-state index is 1.34. The van der Waals surface area contributed by atoms with Gasteiger partial charge in [0.15, 0.2) is 0 Å². The molecule has 0 saturated carbocycles. The van der Waals surface area contributed by atoms with Gasteiger partial charge >= 0.3 is 0 Å². The predicted molar refractivity (Wildman–Crippen MR) is 93.8 cm³/mol. The summed E-state index contributed by atoms with van der Waals surface area (Å²) in [7, 11) is 0. The van der Waals surface area contributed by atoms with Gasteiger partial charge in [0.1, 0.15) is 0 Å². The summed E-state index contributed by atoms with van der Waals surface area (Å²) in [4.78, 5) is 0. The third kappa shape index (κ3) is 1.51. The molecule has 0 N–H and O–H groups in total. The molecule has 0 saturated heterocycles. The Kier molecular flexibility index (Phi) is 2.39. The molecule has 0 unspecified atom stereocenters. The van der Waals surface area contributed by atoms with Crippen molar-refractivity contribution < 1.29 is 0 Å². The van der Waals surface area contributed by atoms with Crippen molar-refractivity contribution in [3.8, 4) is 0 Å². The van der Waals surface area contributed by atoms with Gasteiger partial charge in [0.2, 0.25) is 0 Å². The summed E-state index contributed by atoms with van der Waals surface area (Å²) in [6, 6.07) is 11.6. The van der Waals surface area contributed by atoms with Gasteiger partial charge < -0.3 is 0 Å². The molecule has 0 aliphatic heterocycles. The van der Waals surface area contributed by atoms with E-state index in [0.717, 1.165) is 0 Å². The number of hydrogen-bond acceptors (Lipinski definition) is 0. The van der Waals surface area contributed by atoms with Crippen molar-refractivity contribution in [2.24, 2.45) is 0 Å². The highest BCUT2D eigenvalue weighted by molar-refractivity contribution is 6.25. The van der Waals surface area contributed by atoms with Crippen LogP contribution in [0.15, 0.2) is 30.3 Å². The Bertz CT molecular complexity index is 1020. The van der Waals surface area contributed by atoms with Crippen molar-refractivity contribution in [1.29, 1.82) is 0 Å². The molecule has 0 aromatic heterocycles. The van der Waals surface area contributed by atoms with Crippen molar-refractivity contribution in [3.05, 3.63) is 58.1 Å². The van der Waals surface area contributed by atoms with Crippen LogP contribution in [0, 0.1) is 34.6 Å². The summed E-state index contributed by atoms with van der Waals surface area (Å²) in [5.41, 5.74) is 7.01. The van der Waals surface area contributed by atoms with Crippen LogP contribution in [0.25, 0.3) is 32.3 Å². The van der Waals surface area contributed by atoms with Gasteiger partial charge in [0.25, 0.3) is 0 Å². The van der Waals surface area contributed by atoms with E-state index >= 15 is 0 Å². The fourth-order valence-electron chi connectivity index (χ4n) is 3.87. The van der Waals surface area contributed by atoms with Crippen LogP contribution >= 0.6 is 0 Å². The van der Waals surface area contributed by atoms with Crippen LogP contribution in [0.3, 0.4) is 0 Å². The zero-order valence-electron chi connectivity index (χ0n) is 13.4. The maximum absolute atomic E-state index is 2.38. The third-order valence-electron chi connectivity index (χ3n) is 5.25. The molecular weight excluding hydrogens is 252 g/mol. The fraction of sp³-hybridized carbons (Fsp3) is 0.238. The lowest BCUT2D eigenvalue weighted by atomic mass is 9.85. The Morgan fingerprint density at radius 1 is 0.571 bits per heavy atom. The van der Waals surface area contributed by atoms with Gasteiger partial charge in [-0.25, -0.2) is 0 Å².